The zero-order valence-electron chi connectivity index (χ0n) is 16.6. The average molecular weight is 384 g/mol. The third-order valence-corrected chi connectivity index (χ3v) is 5.07. The molecular formula is C20H28N6O2. The molecule has 2 fully saturated rings. The van der Waals surface area contributed by atoms with Gasteiger partial charge < -0.3 is 24.6 Å². The Kier molecular flexibility index (Phi) is 5.87. The van der Waals surface area contributed by atoms with Gasteiger partial charge in [0.25, 0.3) is 0 Å². The van der Waals surface area contributed by atoms with Gasteiger partial charge in [-0.25, -0.2) is 9.97 Å². The summed E-state index contributed by atoms with van der Waals surface area (Å²) in [5.41, 5.74) is 3.09. The van der Waals surface area contributed by atoms with Gasteiger partial charge in [0.2, 0.25) is 5.95 Å². The maximum atomic E-state index is 5.51. The fraction of sp³-hybridized carbons (Fsp3) is 0.550. The number of nitrogens with one attached hydrogen (secondary N) is 1. The van der Waals surface area contributed by atoms with Gasteiger partial charge in [0.05, 0.1) is 32.1 Å². The minimum Gasteiger partial charge on any atom is -0.378 e. The largest absolute Gasteiger partial charge is 0.378 e. The molecular weight excluding hydrogens is 356 g/mol. The summed E-state index contributed by atoms with van der Waals surface area (Å²) in [5.74, 6) is 2.60. The van der Waals surface area contributed by atoms with Gasteiger partial charge >= 0.3 is 0 Å². The Morgan fingerprint density at radius 1 is 0.964 bits per heavy atom. The first-order chi connectivity index (χ1) is 13.7. The van der Waals surface area contributed by atoms with E-state index in [2.05, 4.69) is 46.1 Å². The predicted molar refractivity (Wildman–Crippen MR) is 110 cm³/mol. The van der Waals surface area contributed by atoms with E-state index in [1.54, 1.807) is 0 Å². The van der Waals surface area contributed by atoms with Crippen LogP contribution in [-0.2, 0) is 9.47 Å². The third-order valence-electron chi connectivity index (χ3n) is 5.07. The van der Waals surface area contributed by atoms with Crippen LogP contribution in [0.2, 0.25) is 0 Å². The molecule has 150 valence electrons. The highest BCUT2D eigenvalue weighted by molar-refractivity contribution is 5.68. The summed E-state index contributed by atoms with van der Waals surface area (Å²) in [6, 6.07) is 4.15. The SMILES string of the molecule is CCNc1cc(C)c(-c2cc(N3CCOCC3)nc(N3CCOCC3)n2)cn1. The molecule has 0 saturated carbocycles. The Bertz CT molecular complexity index is 767. The van der Waals surface area contributed by atoms with Crippen LogP contribution < -0.4 is 15.1 Å². The first-order valence-corrected chi connectivity index (χ1v) is 10.00. The molecule has 2 aromatic heterocycles. The number of hydrogen-bond donors (Lipinski definition) is 1. The molecule has 0 aromatic carbocycles. The summed E-state index contributed by atoms with van der Waals surface area (Å²) in [4.78, 5) is 18.8. The van der Waals surface area contributed by atoms with Crippen molar-refractivity contribution in [1.82, 2.24) is 15.0 Å². The number of rotatable bonds is 5. The van der Waals surface area contributed by atoms with Crippen LogP contribution in [0.1, 0.15) is 12.5 Å². The quantitative estimate of drug-likeness (QED) is 0.838. The van der Waals surface area contributed by atoms with Crippen LogP contribution >= 0.6 is 0 Å². The van der Waals surface area contributed by atoms with Crippen LogP contribution in [0.25, 0.3) is 11.3 Å². The number of morpholine rings is 2. The minimum absolute atomic E-state index is 0.707. The molecule has 28 heavy (non-hydrogen) atoms. The van der Waals surface area contributed by atoms with E-state index in [9.17, 15) is 0 Å². The Balaban J connectivity index is 1.72. The van der Waals surface area contributed by atoms with Gasteiger partial charge in [-0.15, -0.1) is 0 Å². The molecule has 0 bridgehead atoms. The van der Waals surface area contributed by atoms with Gasteiger partial charge in [0.15, 0.2) is 0 Å². The van der Waals surface area contributed by atoms with Crippen LogP contribution in [0.4, 0.5) is 17.6 Å². The monoisotopic (exact) mass is 384 g/mol. The Morgan fingerprint density at radius 2 is 1.64 bits per heavy atom. The average Bonchev–Trinajstić information content (AvgIpc) is 2.75. The van der Waals surface area contributed by atoms with Gasteiger partial charge in [-0.05, 0) is 25.5 Å². The van der Waals surface area contributed by atoms with E-state index < -0.39 is 0 Å². The highest BCUT2D eigenvalue weighted by Gasteiger charge is 2.20. The van der Waals surface area contributed by atoms with Crippen molar-refractivity contribution in [3.63, 3.8) is 0 Å². The lowest BCUT2D eigenvalue weighted by molar-refractivity contribution is 0.121. The lowest BCUT2D eigenvalue weighted by Gasteiger charge is -2.31. The lowest BCUT2D eigenvalue weighted by atomic mass is 10.1. The molecule has 4 heterocycles. The normalized spacial score (nSPS) is 17.6. The van der Waals surface area contributed by atoms with E-state index in [4.69, 9.17) is 19.4 Å². The van der Waals surface area contributed by atoms with Crippen molar-refractivity contribution in [3.8, 4) is 11.3 Å². The summed E-state index contributed by atoms with van der Waals surface area (Å²) >= 11 is 0. The van der Waals surface area contributed by atoms with E-state index in [1.807, 2.05) is 6.20 Å². The molecule has 2 saturated heterocycles. The molecule has 2 aliphatic heterocycles. The van der Waals surface area contributed by atoms with Crippen LogP contribution in [0.5, 0.6) is 0 Å². The van der Waals surface area contributed by atoms with Crippen LogP contribution in [0, 0.1) is 6.92 Å². The maximum Gasteiger partial charge on any atom is 0.228 e. The van der Waals surface area contributed by atoms with Crippen molar-refractivity contribution in [3.05, 3.63) is 23.9 Å². The third kappa shape index (κ3) is 4.18. The number of aryl methyl sites for hydroxylation is 1. The van der Waals surface area contributed by atoms with Crippen molar-refractivity contribution in [2.45, 2.75) is 13.8 Å². The van der Waals surface area contributed by atoms with E-state index in [0.717, 1.165) is 80.3 Å². The highest BCUT2D eigenvalue weighted by atomic mass is 16.5. The molecule has 2 aromatic rings. The van der Waals surface area contributed by atoms with Crippen molar-refractivity contribution in [2.75, 3.05) is 74.3 Å². The topological polar surface area (TPSA) is 75.6 Å². The van der Waals surface area contributed by atoms with Crippen LogP contribution in [0.15, 0.2) is 18.3 Å². The summed E-state index contributed by atoms with van der Waals surface area (Å²) < 4.78 is 11.0. The second-order valence-electron chi connectivity index (χ2n) is 7.03. The smallest absolute Gasteiger partial charge is 0.228 e. The van der Waals surface area contributed by atoms with Crippen molar-refractivity contribution in [2.24, 2.45) is 0 Å². The van der Waals surface area contributed by atoms with E-state index >= 15 is 0 Å². The second-order valence-corrected chi connectivity index (χ2v) is 7.03. The van der Waals surface area contributed by atoms with Gasteiger partial charge in [0, 0.05) is 50.6 Å². The zero-order valence-corrected chi connectivity index (χ0v) is 16.6. The molecule has 4 rings (SSSR count). The minimum atomic E-state index is 0.707. The Labute approximate surface area is 165 Å². The zero-order chi connectivity index (χ0) is 19.3. The Hall–Kier alpha value is -2.45. The van der Waals surface area contributed by atoms with Crippen molar-refractivity contribution < 1.29 is 9.47 Å². The molecule has 0 unspecified atom stereocenters. The molecule has 0 aliphatic carbocycles. The molecule has 0 radical (unpaired) electrons. The number of aromatic nitrogens is 3. The lowest BCUT2D eigenvalue weighted by Crippen LogP contribution is -2.39. The van der Waals surface area contributed by atoms with Crippen molar-refractivity contribution in [1.29, 1.82) is 0 Å². The van der Waals surface area contributed by atoms with Gasteiger partial charge in [-0.1, -0.05) is 0 Å². The fourth-order valence-corrected chi connectivity index (χ4v) is 3.52. The number of anilines is 3. The number of hydrogen-bond acceptors (Lipinski definition) is 8. The van der Waals surface area contributed by atoms with Gasteiger partial charge in [-0.3, -0.25) is 0 Å². The molecule has 0 amide bonds. The van der Waals surface area contributed by atoms with E-state index in [-0.39, 0.29) is 0 Å². The molecule has 8 heteroatoms. The molecule has 1 N–H and O–H groups in total. The van der Waals surface area contributed by atoms with Crippen LogP contribution in [0.3, 0.4) is 0 Å². The van der Waals surface area contributed by atoms with Gasteiger partial charge in [-0.2, -0.15) is 4.98 Å². The van der Waals surface area contributed by atoms with Crippen molar-refractivity contribution >= 4 is 17.6 Å². The summed E-state index contributed by atoms with van der Waals surface area (Å²) in [6.45, 7) is 11.2. The standard InChI is InChI=1S/C20H28N6O2/c1-3-21-18-12-15(2)16(14-22-18)17-13-19(25-4-8-27-9-5-25)24-20(23-17)26-6-10-28-11-7-26/h12-14H,3-11H2,1-2H3,(H,21,22). The molecule has 8 nitrogen and oxygen atoms in total. The number of pyridine rings is 1. The summed E-state index contributed by atoms with van der Waals surface area (Å²) in [5, 5.41) is 3.27. The molecule has 0 spiro atoms. The second kappa shape index (κ2) is 8.70. The highest BCUT2D eigenvalue weighted by Crippen LogP contribution is 2.28. The molecule has 2 aliphatic rings. The summed E-state index contributed by atoms with van der Waals surface area (Å²) in [6.07, 6.45) is 1.90. The predicted octanol–water partition coefficient (Wildman–Crippen LogP) is 1.95. The number of ether oxygens (including phenoxy) is 2. The number of nitrogens with zero attached hydrogens (tertiary/aromatic N) is 5. The first kappa shape index (κ1) is 18.9. The summed E-state index contributed by atoms with van der Waals surface area (Å²) in [7, 11) is 0. The van der Waals surface area contributed by atoms with Gasteiger partial charge in [0.1, 0.15) is 11.6 Å². The molecule has 0 atom stereocenters. The fourth-order valence-electron chi connectivity index (χ4n) is 3.52. The van der Waals surface area contributed by atoms with E-state index in [1.165, 1.54) is 0 Å². The maximum absolute atomic E-state index is 5.51. The van der Waals surface area contributed by atoms with Crippen LogP contribution in [-0.4, -0.2) is 74.1 Å². The first-order valence-electron chi connectivity index (χ1n) is 10.00. The van der Waals surface area contributed by atoms with E-state index in [0.29, 0.717) is 13.2 Å². The Morgan fingerprint density at radius 3 is 2.29 bits per heavy atom.